The smallest absolute Gasteiger partial charge is 0.326 e. The Bertz CT molecular complexity index is 506. The van der Waals surface area contributed by atoms with Crippen molar-refractivity contribution in [1.29, 1.82) is 0 Å². The van der Waals surface area contributed by atoms with Gasteiger partial charge in [-0.2, -0.15) is 0 Å². The van der Waals surface area contributed by atoms with Crippen molar-refractivity contribution in [3.8, 4) is 0 Å². The number of aliphatic carboxylic acids is 1. The van der Waals surface area contributed by atoms with Crippen molar-refractivity contribution in [3.05, 3.63) is 30.1 Å². The quantitative estimate of drug-likeness (QED) is 0.649. The van der Waals surface area contributed by atoms with Crippen molar-refractivity contribution in [3.63, 3.8) is 0 Å². The third kappa shape index (κ3) is 5.89. The zero-order chi connectivity index (χ0) is 15.8. The van der Waals surface area contributed by atoms with E-state index < -0.39 is 23.9 Å². The molecule has 0 saturated heterocycles. The Morgan fingerprint density at radius 1 is 1.48 bits per heavy atom. The number of carboxylic acids is 1. The minimum absolute atomic E-state index is 0.0445. The molecule has 1 heterocycles. The van der Waals surface area contributed by atoms with Gasteiger partial charge in [-0.3, -0.25) is 9.78 Å². The van der Waals surface area contributed by atoms with Crippen LogP contribution in [0.3, 0.4) is 0 Å². The third-order valence-corrected chi connectivity index (χ3v) is 2.76. The molecular weight excluding hydrogens is 276 g/mol. The molecule has 0 aromatic carbocycles. The Hall–Kier alpha value is -2.64. The van der Waals surface area contributed by atoms with Crippen LogP contribution in [0.5, 0.6) is 0 Å². The molecule has 0 spiro atoms. The lowest BCUT2D eigenvalue weighted by Gasteiger charge is -2.21. The average molecular weight is 294 g/mol. The largest absolute Gasteiger partial charge is 0.480 e. The van der Waals surface area contributed by atoms with Crippen LogP contribution in [0.25, 0.3) is 0 Å². The van der Waals surface area contributed by atoms with E-state index in [1.165, 1.54) is 11.9 Å². The highest BCUT2D eigenvalue weighted by Crippen LogP contribution is 2.03. The van der Waals surface area contributed by atoms with Crippen LogP contribution in [-0.2, 0) is 16.1 Å². The van der Waals surface area contributed by atoms with Crippen LogP contribution in [0.4, 0.5) is 4.79 Å². The van der Waals surface area contributed by atoms with Crippen molar-refractivity contribution >= 4 is 17.9 Å². The van der Waals surface area contributed by atoms with E-state index in [2.05, 4.69) is 10.3 Å². The molecular formula is C13H18N4O4. The number of pyridine rings is 1. The Morgan fingerprint density at radius 2 is 2.19 bits per heavy atom. The molecule has 0 aliphatic rings. The number of aromatic nitrogens is 1. The minimum atomic E-state index is -1.21. The number of rotatable bonds is 7. The molecule has 1 rings (SSSR count). The SMILES string of the molecule is CN(Cc1cccnc1)C(=O)N[C@H](CCC(N)=O)C(=O)O. The fourth-order valence-corrected chi connectivity index (χ4v) is 1.64. The van der Waals surface area contributed by atoms with E-state index in [-0.39, 0.29) is 12.8 Å². The minimum Gasteiger partial charge on any atom is -0.480 e. The predicted octanol–water partition coefficient (Wildman–Crippen LogP) is -0.0583. The zero-order valence-corrected chi connectivity index (χ0v) is 11.7. The predicted molar refractivity (Wildman–Crippen MR) is 74.1 cm³/mol. The summed E-state index contributed by atoms with van der Waals surface area (Å²) in [4.78, 5) is 38.9. The highest BCUT2D eigenvalue weighted by molar-refractivity contribution is 5.83. The van der Waals surface area contributed by atoms with Crippen LogP contribution in [0.2, 0.25) is 0 Å². The highest BCUT2D eigenvalue weighted by Gasteiger charge is 2.22. The Balaban J connectivity index is 2.56. The molecule has 21 heavy (non-hydrogen) atoms. The first-order valence-electron chi connectivity index (χ1n) is 6.31. The van der Waals surface area contributed by atoms with Gasteiger partial charge in [0.2, 0.25) is 5.91 Å². The number of nitrogens with zero attached hydrogens (tertiary/aromatic N) is 2. The molecule has 4 N–H and O–H groups in total. The molecule has 1 aromatic rings. The number of amides is 3. The van der Waals surface area contributed by atoms with Gasteiger partial charge in [-0.05, 0) is 18.1 Å². The number of hydrogen-bond acceptors (Lipinski definition) is 4. The first kappa shape index (κ1) is 16.4. The van der Waals surface area contributed by atoms with E-state index in [9.17, 15) is 14.4 Å². The second-order valence-corrected chi connectivity index (χ2v) is 4.56. The molecule has 0 saturated carbocycles. The monoisotopic (exact) mass is 294 g/mol. The van der Waals surface area contributed by atoms with Gasteiger partial charge < -0.3 is 21.1 Å². The van der Waals surface area contributed by atoms with Crippen LogP contribution in [0.1, 0.15) is 18.4 Å². The van der Waals surface area contributed by atoms with Crippen LogP contribution in [-0.4, -0.2) is 46.0 Å². The van der Waals surface area contributed by atoms with E-state index >= 15 is 0 Å². The summed E-state index contributed by atoms with van der Waals surface area (Å²) in [5.41, 5.74) is 5.79. The van der Waals surface area contributed by atoms with E-state index in [0.29, 0.717) is 6.54 Å². The van der Waals surface area contributed by atoms with Gasteiger partial charge in [-0.25, -0.2) is 9.59 Å². The van der Waals surface area contributed by atoms with Crippen molar-refractivity contribution in [2.75, 3.05) is 7.05 Å². The molecule has 0 unspecified atom stereocenters. The number of hydrogen-bond donors (Lipinski definition) is 3. The number of carbonyl (C=O) groups is 3. The van der Waals surface area contributed by atoms with Crippen molar-refractivity contribution in [1.82, 2.24) is 15.2 Å². The molecule has 1 atom stereocenters. The summed E-state index contributed by atoms with van der Waals surface area (Å²) in [6, 6.07) is 1.85. The van der Waals surface area contributed by atoms with Crippen LogP contribution in [0.15, 0.2) is 24.5 Å². The van der Waals surface area contributed by atoms with Crippen LogP contribution >= 0.6 is 0 Å². The van der Waals surface area contributed by atoms with Gasteiger partial charge in [0.05, 0.1) is 0 Å². The Labute approximate surface area is 121 Å². The van der Waals surface area contributed by atoms with Gasteiger partial charge >= 0.3 is 12.0 Å². The lowest BCUT2D eigenvalue weighted by atomic mass is 10.1. The highest BCUT2D eigenvalue weighted by atomic mass is 16.4. The van der Waals surface area contributed by atoms with Crippen LogP contribution < -0.4 is 11.1 Å². The number of nitrogens with two attached hydrogens (primary N) is 1. The van der Waals surface area contributed by atoms with Gasteiger partial charge in [0, 0.05) is 32.4 Å². The van der Waals surface area contributed by atoms with E-state index in [1.807, 2.05) is 0 Å². The topological polar surface area (TPSA) is 126 Å². The first-order chi connectivity index (χ1) is 9.90. The summed E-state index contributed by atoms with van der Waals surface area (Å²) < 4.78 is 0. The Morgan fingerprint density at radius 3 is 2.71 bits per heavy atom. The summed E-state index contributed by atoms with van der Waals surface area (Å²) in [6.07, 6.45) is 3.08. The molecule has 3 amide bonds. The summed E-state index contributed by atoms with van der Waals surface area (Å²) >= 11 is 0. The first-order valence-corrected chi connectivity index (χ1v) is 6.31. The number of urea groups is 1. The van der Waals surface area contributed by atoms with Gasteiger partial charge in [-0.15, -0.1) is 0 Å². The molecule has 1 aromatic heterocycles. The number of nitrogens with one attached hydrogen (secondary N) is 1. The maximum atomic E-state index is 11.9. The lowest BCUT2D eigenvalue weighted by molar-refractivity contribution is -0.139. The summed E-state index contributed by atoms with van der Waals surface area (Å²) in [6.45, 7) is 0.293. The summed E-state index contributed by atoms with van der Waals surface area (Å²) in [5.74, 6) is -1.82. The molecule has 0 radical (unpaired) electrons. The fraction of sp³-hybridized carbons (Fsp3) is 0.385. The molecule has 0 bridgehead atoms. The second kappa shape index (κ2) is 7.83. The Kier molecular flexibility index (Phi) is 6.12. The number of carboxylic acid groups (broad SMARTS) is 1. The molecule has 114 valence electrons. The molecule has 8 nitrogen and oxygen atoms in total. The second-order valence-electron chi connectivity index (χ2n) is 4.56. The molecule has 0 aliphatic heterocycles. The third-order valence-electron chi connectivity index (χ3n) is 2.76. The normalized spacial score (nSPS) is 11.5. The average Bonchev–Trinajstić information content (AvgIpc) is 2.43. The molecule has 0 aliphatic carbocycles. The maximum absolute atomic E-state index is 11.9. The fourth-order valence-electron chi connectivity index (χ4n) is 1.64. The summed E-state index contributed by atoms with van der Waals surface area (Å²) in [5, 5.41) is 11.4. The lowest BCUT2D eigenvalue weighted by Crippen LogP contribution is -2.46. The number of carbonyl (C=O) groups excluding carboxylic acids is 2. The summed E-state index contributed by atoms with van der Waals surface area (Å²) in [7, 11) is 1.54. The van der Waals surface area contributed by atoms with Gasteiger partial charge in [0.25, 0.3) is 0 Å². The number of primary amides is 1. The van der Waals surface area contributed by atoms with E-state index in [1.54, 1.807) is 24.5 Å². The standard InChI is InChI=1S/C13H18N4O4/c1-17(8-9-3-2-6-15-7-9)13(21)16-10(12(19)20)4-5-11(14)18/h2-3,6-7,10H,4-5,8H2,1H3,(H2,14,18)(H,16,21)(H,19,20)/t10-/m1/s1. The van der Waals surface area contributed by atoms with Crippen LogP contribution in [0, 0.1) is 0 Å². The molecule has 8 heteroatoms. The zero-order valence-electron chi connectivity index (χ0n) is 11.7. The van der Waals surface area contributed by atoms with Gasteiger partial charge in [0.1, 0.15) is 6.04 Å². The van der Waals surface area contributed by atoms with E-state index in [0.717, 1.165) is 5.56 Å². The van der Waals surface area contributed by atoms with Crippen molar-refractivity contribution in [2.45, 2.75) is 25.4 Å². The maximum Gasteiger partial charge on any atom is 0.326 e. The van der Waals surface area contributed by atoms with Gasteiger partial charge in [-0.1, -0.05) is 6.07 Å². The van der Waals surface area contributed by atoms with E-state index in [4.69, 9.17) is 10.8 Å². The van der Waals surface area contributed by atoms with Crippen molar-refractivity contribution < 1.29 is 19.5 Å². The molecule has 0 fully saturated rings. The van der Waals surface area contributed by atoms with Crippen molar-refractivity contribution in [2.24, 2.45) is 5.73 Å². The van der Waals surface area contributed by atoms with Gasteiger partial charge in [0.15, 0.2) is 0 Å².